The molecule has 3 heteroatoms. The SMILES string of the molecule is CCc1ccccc1OCCC(C(=O)O)c1ccccc1C. The maximum Gasteiger partial charge on any atom is 0.311 e. The fraction of sp³-hybridized carbons (Fsp3) is 0.316. The van der Waals surface area contributed by atoms with Gasteiger partial charge in [-0.15, -0.1) is 0 Å². The predicted octanol–water partition coefficient (Wildman–Crippen LogP) is 4.19. The van der Waals surface area contributed by atoms with E-state index in [-0.39, 0.29) is 0 Å². The number of carbonyl (C=O) groups is 1. The zero-order valence-electron chi connectivity index (χ0n) is 13.1. The van der Waals surface area contributed by atoms with Crippen molar-refractivity contribution in [3.05, 3.63) is 65.2 Å². The summed E-state index contributed by atoms with van der Waals surface area (Å²) in [5.41, 5.74) is 3.01. The zero-order valence-corrected chi connectivity index (χ0v) is 13.1. The number of benzene rings is 2. The third-order valence-corrected chi connectivity index (χ3v) is 3.88. The van der Waals surface area contributed by atoms with Crippen molar-refractivity contribution in [2.75, 3.05) is 6.61 Å². The highest BCUT2D eigenvalue weighted by molar-refractivity contribution is 5.76. The van der Waals surface area contributed by atoms with Crippen molar-refractivity contribution in [3.63, 3.8) is 0 Å². The van der Waals surface area contributed by atoms with Crippen LogP contribution in [0.5, 0.6) is 5.75 Å². The molecule has 0 bridgehead atoms. The molecule has 0 heterocycles. The van der Waals surface area contributed by atoms with Gasteiger partial charge < -0.3 is 9.84 Å². The maximum absolute atomic E-state index is 11.6. The van der Waals surface area contributed by atoms with E-state index < -0.39 is 11.9 Å². The number of ether oxygens (including phenoxy) is 1. The Morgan fingerprint density at radius 2 is 1.82 bits per heavy atom. The summed E-state index contributed by atoms with van der Waals surface area (Å²) in [5, 5.41) is 9.49. The van der Waals surface area contributed by atoms with Crippen molar-refractivity contribution in [1.29, 1.82) is 0 Å². The number of carboxylic acid groups (broad SMARTS) is 1. The van der Waals surface area contributed by atoms with Gasteiger partial charge in [0.15, 0.2) is 0 Å². The fourth-order valence-electron chi connectivity index (χ4n) is 2.61. The number of aryl methyl sites for hydroxylation is 2. The van der Waals surface area contributed by atoms with Gasteiger partial charge in [-0.2, -0.15) is 0 Å². The molecule has 0 amide bonds. The summed E-state index contributed by atoms with van der Waals surface area (Å²) in [6.07, 6.45) is 1.36. The van der Waals surface area contributed by atoms with E-state index in [4.69, 9.17) is 4.74 Å². The molecule has 0 radical (unpaired) electrons. The van der Waals surface area contributed by atoms with E-state index in [9.17, 15) is 9.90 Å². The quantitative estimate of drug-likeness (QED) is 0.833. The topological polar surface area (TPSA) is 46.5 Å². The Morgan fingerprint density at radius 1 is 1.14 bits per heavy atom. The van der Waals surface area contributed by atoms with Crippen molar-refractivity contribution < 1.29 is 14.6 Å². The Kier molecular flexibility index (Phi) is 5.59. The van der Waals surface area contributed by atoms with Crippen LogP contribution in [-0.2, 0) is 11.2 Å². The van der Waals surface area contributed by atoms with E-state index in [1.54, 1.807) is 0 Å². The molecule has 0 aliphatic rings. The molecule has 2 aromatic carbocycles. The average molecular weight is 298 g/mol. The van der Waals surface area contributed by atoms with Gasteiger partial charge in [0.05, 0.1) is 12.5 Å². The van der Waals surface area contributed by atoms with E-state index in [1.807, 2.05) is 55.5 Å². The molecule has 0 saturated heterocycles. The molecule has 22 heavy (non-hydrogen) atoms. The second kappa shape index (κ2) is 7.64. The van der Waals surface area contributed by atoms with Gasteiger partial charge in [0.1, 0.15) is 5.75 Å². The lowest BCUT2D eigenvalue weighted by Gasteiger charge is -2.16. The minimum absolute atomic E-state index is 0.391. The van der Waals surface area contributed by atoms with Gasteiger partial charge in [-0.1, -0.05) is 49.4 Å². The number of aliphatic carboxylic acids is 1. The van der Waals surface area contributed by atoms with Gasteiger partial charge in [-0.25, -0.2) is 0 Å². The number of rotatable bonds is 7. The molecule has 1 unspecified atom stereocenters. The van der Waals surface area contributed by atoms with Gasteiger partial charge in [0.25, 0.3) is 0 Å². The molecule has 0 aliphatic heterocycles. The van der Waals surface area contributed by atoms with Crippen molar-refractivity contribution in [2.45, 2.75) is 32.6 Å². The monoisotopic (exact) mass is 298 g/mol. The van der Waals surface area contributed by atoms with Crippen LogP contribution in [0.1, 0.15) is 36.0 Å². The number of para-hydroxylation sites is 1. The highest BCUT2D eigenvalue weighted by Crippen LogP contribution is 2.25. The molecule has 1 N–H and O–H groups in total. The lowest BCUT2D eigenvalue weighted by atomic mass is 9.92. The van der Waals surface area contributed by atoms with Crippen LogP contribution in [0.3, 0.4) is 0 Å². The zero-order chi connectivity index (χ0) is 15.9. The standard InChI is InChI=1S/C19H22O3/c1-3-15-9-5-7-11-18(15)22-13-12-17(19(20)21)16-10-6-4-8-14(16)2/h4-11,17H,3,12-13H2,1-2H3,(H,20,21). The summed E-state index contributed by atoms with van der Waals surface area (Å²) in [6, 6.07) is 15.5. The first kappa shape index (κ1) is 16.1. The third kappa shape index (κ3) is 3.88. The summed E-state index contributed by atoms with van der Waals surface area (Å²) in [5.74, 6) is -0.490. The smallest absolute Gasteiger partial charge is 0.311 e. The van der Waals surface area contributed by atoms with Gasteiger partial charge in [-0.05, 0) is 42.5 Å². The van der Waals surface area contributed by atoms with Crippen molar-refractivity contribution in [3.8, 4) is 5.75 Å². The van der Waals surface area contributed by atoms with Crippen LogP contribution in [0.25, 0.3) is 0 Å². The molecule has 116 valence electrons. The van der Waals surface area contributed by atoms with Crippen molar-refractivity contribution >= 4 is 5.97 Å². The first-order valence-corrected chi connectivity index (χ1v) is 7.62. The maximum atomic E-state index is 11.6. The van der Waals surface area contributed by atoms with Crippen LogP contribution in [0, 0.1) is 6.92 Å². The number of hydrogen-bond donors (Lipinski definition) is 1. The van der Waals surface area contributed by atoms with Crippen LogP contribution in [0.4, 0.5) is 0 Å². The minimum atomic E-state index is -0.804. The Labute approximate surface area is 131 Å². The minimum Gasteiger partial charge on any atom is -0.493 e. The van der Waals surface area contributed by atoms with Gasteiger partial charge in [-0.3, -0.25) is 4.79 Å². The fourth-order valence-corrected chi connectivity index (χ4v) is 2.61. The third-order valence-electron chi connectivity index (χ3n) is 3.88. The Balaban J connectivity index is 2.04. The van der Waals surface area contributed by atoms with Crippen molar-refractivity contribution in [2.24, 2.45) is 0 Å². The number of hydrogen-bond acceptors (Lipinski definition) is 2. The highest BCUT2D eigenvalue weighted by atomic mass is 16.5. The van der Waals surface area contributed by atoms with Crippen LogP contribution in [0.2, 0.25) is 0 Å². The average Bonchev–Trinajstić information content (AvgIpc) is 2.52. The molecule has 0 saturated carbocycles. The Bertz CT molecular complexity index is 634. The van der Waals surface area contributed by atoms with Crippen LogP contribution in [-0.4, -0.2) is 17.7 Å². The van der Waals surface area contributed by atoms with E-state index in [0.29, 0.717) is 13.0 Å². The summed E-state index contributed by atoms with van der Waals surface area (Å²) in [4.78, 5) is 11.6. The molecule has 2 aromatic rings. The van der Waals surface area contributed by atoms with E-state index in [1.165, 1.54) is 0 Å². The Morgan fingerprint density at radius 3 is 2.50 bits per heavy atom. The first-order chi connectivity index (χ1) is 10.6. The number of carboxylic acids is 1. The van der Waals surface area contributed by atoms with Crippen LogP contribution in [0.15, 0.2) is 48.5 Å². The normalized spacial score (nSPS) is 11.9. The van der Waals surface area contributed by atoms with Crippen molar-refractivity contribution in [1.82, 2.24) is 0 Å². The summed E-state index contributed by atoms with van der Waals surface area (Å²) >= 11 is 0. The van der Waals surface area contributed by atoms with Gasteiger partial charge >= 0.3 is 5.97 Å². The van der Waals surface area contributed by atoms with Crippen LogP contribution >= 0.6 is 0 Å². The largest absolute Gasteiger partial charge is 0.493 e. The molecule has 0 aromatic heterocycles. The molecule has 1 atom stereocenters. The van der Waals surface area contributed by atoms with Gasteiger partial charge in [0.2, 0.25) is 0 Å². The lowest BCUT2D eigenvalue weighted by molar-refractivity contribution is -0.139. The van der Waals surface area contributed by atoms with E-state index in [2.05, 4.69) is 6.92 Å². The molecular formula is C19H22O3. The van der Waals surface area contributed by atoms with E-state index >= 15 is 0 Å². The molecule has 2 rings (SSSR count). The molecule has 3 nitrogen and oxygen atoms in total. The second-order valence-corrected chi connectivity index (χ2v) is 5.35. The summed E-state index contributed by atoms with van der Waals surface area (Å²) in [6.45, 7) is 4.41. The lowest BCUT2D eigenvalue weighted by Crippen LogP contribution is -2.16. The molecular weight excluding hydrogens is 276 g/mol. The summed E-state index contributed by atoms with van der Waals surface area (Å²) < 4.78 is 5.81. The van der Waals surface area contributed by atoms with Crippen LogP contribution < -0.4 is 4.74 Å². The highest BCUT2D eigenvalue weighted by Gasteiger charge is 2.21. The second-order valence-electron chi connectivity index (χ2n) is 5.35. The molecule has 0 fully saturated rings. The van der Waals surface area contributed by atoms with E-state index in [0.717, 1.165) is 28.9 Å². The molecule has 0 aliphatic carbocycles. The Hall–Kier alpha value is -2.29. The molecule has 0 spiro atoms. The first-order valence-electron chi connectivity index (χ1n) is 7.62. The summed E-state index contributed by atoms with van der Waals surface area (Å²) in [7, 11) is 0. The van der Waals surface area contributed by atoms with Gasteiger partial charge in [0, 0.05) is 0 Å². The predicted molar refractivity (Wildman–Crippen MR) is 87.5 cm³/mol.